The first-order valence-corrected chi connectivity index (χ1v) is 8.63. The highest BCUT2D eigenvalue weighted by Gasteiger charge is 2.08. The van der Waals surface area contributed by atoms with E-state index in [2.05, 4.69) is 16.0 Å². The zero-order valence-electron chi connectivity index (χ0n) is 15.5. The van der Waals surface area contributed by atoms with Crippen molar-refractivity contribution < 1.29 is 18.7 Å². The average molecular weight is 381 g/mol. The van der Waals surface area contributed by atoms with Crippen LogP contribution < -0.4 is 20.7 Å². The third kappa shape index (κ3) is 4.76. The van der Waals surface area contributed by atoms with Crippen LogP contribution in [0.3, 0.4) is 0 Å². The number of urea groups is 1. The van der Waals surface area contributed by atoms with E-state index in [0.717, 1.165) is 22.1 Å². The van der Waals surface area contributed by atoms with Crippen LogP contribution in [0.4, 0.5) is 20.6 Å². The monoisotopic (exact) mass is 381 g/mol. The summed E-state index contributed by atoms with van der Waals surface area (Å²) in [5, 5.41) is 9.84. The summed E-state index contributed by atoms with van der Waals surface area (Å²) >= 11 is 0. The van der Waals surface area contributed by atoms with E-state index in [1.165, 1.54) is 25.1 Å². The molecule has 0 spiro atoms. The Bertz CT molecular complexity index is 1040. The SMILES string of the molecule is COc1ccc2cc(CNC(=O)Nc3ccc(F)c(NC(C)=O)c3)ccc2c1. The van der Waals surface area contributed by atoms with Gasteiger partial charge in [0, 0.05) is 19.2 Å². The van der Waals surface area contributed by atoms with Gasteiger partial charge < -0.3 is 20.7 Å². The summed E-state index contributed by atoms with van der Waals surface area (Å²) in [6, 6.07) is 15.2. The Morgan fingerprint density at radius 1 is 0.964 bits per heavy atom. The summed E-state index contributed by atoms with van der Waals surface area (Å²) in [6.45, 7) is 1.61. The fourth-order valence-electron chi connectivity index (χ4n) is 2.76. The third-order valence-electron chi connectivity index (χ3n) is 4.10. The second-order valence-electron chi connectivity index (χ2n) is 6.23. The lowest BCUT2D eigenvalue weighted by atomic mass is 10.1. The number of nitrogens with one attached hydrogen (secondary N) is 3. The summed E-state index contributed by atoms with van der Waals surface area (Å²) in [6.07, 6.45) is 0. The van der Waals surface area contributed by atoms with Crippen molar-refractivity contribution in [3.63, 3.8) is 0 Å². The molecule has 0 heterocycles. The summed E-state index contributed by atoms with van der Waals surface area (Å²) in [4.78, 5) is 23.2. The molecular formula is C21H20FN3O3. The van der Waals surface area contributed by atoms with Gasteiger partial charge in [0.15, 0.2) is 0 Å². The zero-order chi connectivity index (χ0) is 20.1. The Labute approximate surface area is 161 Å². The highest BCUT2D eigenvalue weighted by Crippen LogP contribution is 2.22. The molecule has 0 aliphatic heterocycles. The van der Waals surface area contributed by atoms with Crippen molar-refractivity contribution in [1.29, 1.82) is 0 Å². The van der Waals surface area contributed by atoms with Crippen molar-refractivity contribution in [2.75, 3.05) is 17.7 Å². The number of rotatable bonds is 5. The molecule has 3 aromatic rings. The van der Waals surface area contributed by atoms with Gasteiger partial charge in [-0.2, -0.15) is 0 Å². The lowest BCUT2D eigenvalue weighted by molar-refractivity contribution is -0.114. The number of anilines is 2. The Balaban J connectivity index is 1.62. The fraction of sp³-hybridized carbons (Fsp3) is 0.143. The number of carbonyl (C=O) groups excluding carboxylic acids is 2. The summed E-state index contributed by atoms with van der Waals surface area (Å²) in [7, 11) is 1.62. The number of hydrogen-bond donors (Lipinski definition) is 3. The summed E-state index contributed by atoms with van der Waals surface area (Å²) in [5.41, 5.74) is 1.31. The van der Waals surface area contributed by atoms with Crippen molar-refractivity contribution >= 4 is 34.1 Å². The molecule has 3 aromatic carbocycles. The van der Waals surface area contributed by atoms with E-state index in [4.69, 9.17) is 4.74 Å². The number of halogens is 1. The number of carbonyl (C=O) groups is 2. The van der Waals surface area contributed by atoms with E-state index in [-0.39, 0.29) is 5.69 Å². The molecule has 3 rings (SSSR count). The first-order valence-electron chi connectivity index (χ1n) is 8.63. The van der Waals surface area contributed by atoms with Crippen LogP contribution in [-0.4, -0.2) is 19.0 Å². The maximum atomic E-state index is 13.7. The molecule has 6 nitrogen and oxygen atoms in total. The highest BCUT2D eigenvalue weighted by atomic mass is 19.1. The number of fused-ring (bicyclic) bond motifs is 1. The standard InChI is InChI=1S/C21H20FN3O3/c1-13(26)24-20-11-17(6-8-19(20)22)25-21(27)23-12-14-3-4-16-10-18(28-2)7-5-15(16)9-14/h3-11H,12H2,1-2H3,(H,24,26)(H2,23,25,27). The predicted octanol–water partition coefficient (Wildman–Crippen LogP) is 4.27. The van der Waals surface area contributed by atoms with Gasteiger partial charge in [-0.25, -0.2) is 9.18 Å². The second kappa shape index (κ2) is 8.39. The number of benzene rings is 3. The summed E-state index contributed by atoms with van der Waals surface area (Å²) < 4.78 is 18.9. The van der Waals surface area contributed by atoms with Gasteiger partial charge in [0.1, 0.15) is 11.6 Å². The molecule has 0 radical (unpaired) electrons. The normalized spacial score (nSPS) is 10.4. The van der Waals surface area contributed by atoms with Gasteiger partial charge in [0.05, 0.1) is 12.8 Å². The van der Waals surface area contributed by atoms with E-state index in [1.807, 2.05) is 36.4 Å². The smallest absolute Gasteiger partial charge is 0.319 e. The lowest BCUT2D eigenvalue weighted by Crippen LogP contribution is -2.28. The maximum absolute atomic E-state index is 13.7. The van der Waals surface area contributed by atoms with Gasteiger partial charge in [-0.1, -0.05) is 18.2 Å². The molecule has 7 heteroatoms. The van der Waals surface area contributed by atoms with Crippen molar-refractivity contribution in [1.82, 2.24) is 5.32 Å². The molecule has 3 amide bonds. The first kappa shape index (κ1) is 19.2. The van der Waals surface area contributed by atoms with E-state index in [9.17, 15) is 14.0 Å². The Hall–Kier alpha value is -3.61. The fourth-order valence-corrected chi connectivity index (χ4v) is 2.76. The molecule has 0 fully saturated rings. The van der Waals surface area contributed by atoms with Gasteiger partial charge in [-0.3, -0.25) is 4.79 Å². The zero-order valence-corrected chi connectivity index (χ0v) is 15.5. The molecular weight excluding hydrogens is 361 g/mol. The topological polar surface area (TPSA) is 79.5 Å². The Kier molecular flexibility index (Phi) is 5.74. The van der Waals surface area contributed by atoms with E-state index in [1.54, 1.807) is 7.11 Å². The Morgan fingerprint density at radius 2 is 1.71 bits per heavy atom. The molecule has 0 unspecified atom stereocenters. The van der Waals surface area contributed by atoms with Gasteiger partial charge >= 0.3 is 6.03 Å². The number of methoxy groups -OCH3 is 1. The van der Waals surface area contributed by atoms with Gasteiger partial charge in [0.2, 0.25) is 5.91 Å². The van der Waals surface area contributed by atoms with Gasteiger partial charge in [-0.05, 0) is 52.7 Å². The van der Waals surface area contributed by atoms with Gasteiger partial charge in [-0.15, -0.1) is 0 Å². The number of ether oxygens (including phenoxy) is 1. The van der Waals surface area contributed by atoms with E-state index in [0.29, 0.717) is 12.2 Å². The predicted molar refractivity (Wildman–Crippen MR) is 107 cm³/mol. The summed E-state index contributed by atoms with van der Waals surface area (Å²) in [5.74, 6) is -0.181. The van der Waals surface area contributed by atoms with Crippen LogP contribution in [0.2, 0.25) is 0 Å². The molecule has 144 valence electrons. The molecule has 0 saturated carbocycles. The molecule has 3 N–H and O–H groups in total. The minimum Gasteiger partial charge on any atom is -0.497 e. The van der Waals surface area contributed by atoms with Crippen molar-refractivity contribution in [2.24, 2.45) is 0 Å². The number of hydrogen-bond acceptors (Lipinski definition) is 3. The largest absolute Gasteiger partial charge is 0.497 e. The molecule has 28 heavy (non-hydrogen) atoms. The van der Waals surface area contributed by atoms with Crippen LogP contribution in [0.5, 0.6) is 5.75 Å². The van der Waals surface area contributed by atoms with Crippen molar-refractivity contribution in [3.05, 3.63) is 66.0 Å². The van der Waals surface area contributed by atoms with Crippen molar-refractivity contribution in [3.8, 4) is 5.75 Å². The maximum Gasteiger partial charge on any atom is 0.319 e. The van der Waals surface area contributed by atoms with Crippen LogP contribution in [0.25, 0.3) is 10.8 Å². The molecule has 0 bridgehead atoms. The van der Waals surface area contributed by atoms with Crippen LogP contribution in [0, 0.1) is 5.82 Å². The van der Waals surface area contributed by atoms with Crippen LogP contribution in [0.1, 0.15) is 12.5 Å². The molecule has 0 saturated heterocycles. The van der Waals surface area contributed by atoms with Crippen molar-refractivity contribution in [2.45, 2.75) is 13.5 Å². The van der Waals surface area contributed by atoms with Crippen LogP contribution >= 0.6 is 0 Å². The molecule has 0 aromatic heterocycles. The first-order chi connectivity index (χ1) is 13.4. The van der Waals surface area contributed by atoms with E-state index >= 15 is 0 Å². The Morgan fingerprint density at radius 3 is 2.46 bits per heavy atom. The van der Waals surface area contributed by atoms with Gasteiger partial charge in [0.25, 0.3) is 0 Å². The van der Waals surface area contributed by atoms with E-state index < -0.39 is 17.8 Å². The molecule has 0 atom stereocenters. The van der Waals surface area contributed by atoms with Crippen LogP contribution in [-0.2, 0) is 11.3 Å². The van der Waals surface area contributed by atoms with Crippen LogP contribution in [0.15, 0.2) is 54.6 Å². The number of amides is 3. The lowest BCUT2D eigenvalue weighted by Gasteiger charge is -2.11. The minimum absolute atomic E-state index is 0.00950. The average Bonchev–Trinajstić information content (AvgIpc) is 2.68. The third-order valence-corrected chi connectivity index (χ3v) is 4.10. The quantitative estimate of drug-likeness (QED) is 0.618. The highest BCUT2D eigenvalue weighted by molar-refractivity contribution is 5.92. The molecule has 0 aliphatic carbocycles. The minimum atomic E-state index is -0.575. The molecule has 0 aliphatic rings. The second-order valence-corrected chi connectivity index (χ2v) is 6.23.